The molecule has 0 radical (unpaired) electrons. The Labute approximate surface area is 185 Å². The molecule has 9 heteroatoms. The van der Waals surface area contributed by atoms with E-state index in [1.54, 1.807) is 4.90 Å². The Morgan fingerprint density at radius 1 is 1.32 bits per heavy atom. The number of pyridine rings is 1. The summed E-state index contributed by atoms with van der Waals surface area (Å²) >= 11 is 5.84. The van der Waals surface area contributed by atoms with E-state index < -0.39 is 11.9 Å². The number of rotatable bonds is 5. The fraction of sp³-hybridized carbons (Fsp3) is 0.455. The third-order valence-corrected chi connectivity index (χ3v) is 6.07. The maximum atomic E-state index is 13.4. The van der Waals surface area contributed by atoms with E-state index in [1.807, 2.05) is 12.3 Å². The number of urea groups is 1. The van der Waals surface area contributed by atoms with Crippen LogP contribution in [0.4, 0.5) is 15.0 Å². The molecule has 1 aromatic heterocycles. The highest BCUT2D eigenvalue weighted by atomic mass is 35.5. The zero-order valence-corrected chi connectivity index (χ0v) is 17.9. The first-order valence-corrected chi connectivity index (χ1v) is 10.8. The first-order valence-electron chi connectivity index (χ1n) is 10.5. The van der Waals surface area contributed by atoms with Gasteiger partial charge >= 0.3 is 6.03 Å². The first-order chi connectivity index (χ1) is 15.0. The molecular weight excluding hydrogens is 423 g/mol. The van der Waals surface area contributed by atoms with Gasteiger partial charge in [-0.1, -0.05) is 17.7 Å². The summed E-state index contributed by atoms with van der Waals surface area (Å²) in [5.41, 5.74) is 2.73. The molecule has 0 unspecified atom stereocenters. The van der Waals surface area contributed by atoms with E-state index in [4.69, 9.17) is 16.3 Å². The maximum Gasteiger partial charge on any atom is 0.318 e. The molecule has 2 aliphatic rings. The summed E-state index contributed by atoms with van der Waals surface area (Å²) in [4.78, 5) is 19.1. The lowest BCUT2D eigenvalue weighted by atomic mass is 10.0. The third-order valence-electron chi connectivity index (χ3n) is 5.78. The molecule has 1 aromatic carbocycles. The van der Waals surface area contributed by atoms with Gasteiger partial charge in [0.15, 0.2) is 0 Å². The summed E-state index contributed by atoms with van der Waals surface area (Å²) in [5.74, 6) is 0.266. The van der Waals surface area contributed by atoms with Gasteiger partial charge in [-0.25, -0.2) is 14.2 Å². The fourth-order valence-corrected chi connectivity index (χ4v) is 4.13. The number of ether oxygens (including phenoxy) is 1. The van der Waals surface area contributed by atoms with Crippen molar-refractivity contribution >= 4 is 23.4 Å². The van der Waals surface area contributed by atoms with Crippen molar-refractivity contribution in [1.29, 1.82) is 0 Å². The molecule has 0 aliphatic carbocycles. The summed E-state index contributed by atoms with van der Waals surface area (Å²) in [6.45, 7) is 2.19. The normalized spacial score (nSPS) is 17.7. The molecule has 1 fully saturated rings. The lowest BCUT2D eigenvalue weighted by Gasteiger charge is -2.31. The number of fused-ring (bicyclic) bond motifs is 1. The van der Waals surface area contributed by atoms with Gasteiger partial charge in [0.2, 0.25) is 0 Å². The average Bonchev–Trinajstić information content (AvgIpc) is 2.79. The first kappa shape index (κ1) is 21.8. The van der Waals surface area contributed by atoms with E-state index in [9.17, 15) is 14.3 Å². The molecule has 3 heterocycles. The second kappa shape index (κ2) is 9.80. The smallest absolute Gasteiger partial charge is 0.318 e. The van der Waals surface area contributed by atoms with E-state index in [1.165, 1.54) is 18.2 Å². The van der Waals surface area contributed by atoms with Gasteiger partial charge in [-0.15, -0.1) is 0 Å². The van der Waals surface area contributed by atoms with E-state index in [-0.39, 0.29) is 17.7 Å². The lowest BCUT2D eigenvalue weighted by Crippen LogP contribution is -2.44. The van der Waals surface area contributed by atoms with Crippen LogP contribution in [-0.2, 0) is 17.7 Å². The highest BCUT2D eigenvalue weighted by molar-refractivity contribution is 6.30. The van der Waals surface area contributed by atoms with Crippen molar-refractivity contribution in [3.05, 3.63) is 58.0 Å². The van der Waals surface area contributed by atoms with Crippen LogP contribution < -0.4 is 10.6 Å². The van der Waals surface area contributed by atoms with Gasteiger partial charge in [0.1, 0.15) is 11.6 Å². The van der Waals surface area contributed by atoms with Gasteiger partial charge in [0, 0.05) is 38.5 Å². The Bertz CT molecular complexity index is 939. The number of carbonyl (C=O) groups is 1. The highest BCUT2D eigenvalue weighted by Crippen LogP contribution is 2.24. The highest BCUT2D eigenvalue weighted by Gasteiger charge is 2.24. The number of amides is 2. The van der Waals surface area contributed by atoms with Crippen LogP contribution in [0.2, 0.25) is 5.02 Å². The zero-order valence-electron chi connectivity index (χ0n) is 17.1. The van der Waals surface area contributed by atoms with Crippen molar-refractivity contribution in [2.75, 3.05) is 31.7 Å². The number of hydrogen-bond acceptors (Lipinski definition) is 5. The maximum absolute atomic E-state index is 13.4. The van der Waals surface area contributed by atoms with E-state index in [0.29, 0.717) is 31.1 Å². The predicted molar refractivity (Wildman–Crippen MR) is 116 cm³/mol. The molecule has 2 aliphatic heterocycles. The fourth-order valence-electron chi connectivity index (χ4n) is 3.94. The molecule has 2 aromatic rings. The molecule has 4 rings (SSSR count). The van der Waals surface area contributed by atoms with Crippen molar-refractivity contribution < 1.29 is 19.0 Å². The summed E-state index contributed by atoms with van der Waals surface area (Å²) in [7, 11) is 0. The van der Waals surface area contributed by atoms with Crippen molar-refractivity contribution in [2.24, 2.45) is 0 Å². The lowest BCUT2D eigenvalue weighted by molar-refractivity contribution is 0.0904. The number of aliphatic hydroxyl groups excluding tert-OH is 1. The van der Waals surface area contributed by atoms with Crippen LogP contribution in [0.5, 0.6) is 0 Å². The van der Waals surface area contributed by atoms with Gasteiger partial charge < -0.3 is 25.4 Å². The zero-order chi connectivity index (χ0) is 21.8. The Balaban J connectivity index is 1.41. The number of nitrogens with zero attached hydrogens (tertiary/aromatic N) is 2. The number of aromatic nitrogens is 1. The number of benzene rings is 1. The molecule has 1 atom stereocenters. The Morgan fingerprint density at radius 2 is 2.13 bits per heavy atom. The van der Waals surface area contributed by atoms with Gasteiger partial charge in [0.05, 0.1) is 17.7 Å². The molecule has 2 amide bonds. The number of halogens is 2. The molecule has 31 heavy (non-hydrogen) atoms. The van der Waals surface area contributed by atoms with Crippen LogP contribution in [0.25, 0.3) is 0 Å². The van der Waals surface area contributed by atoms with Crippen LogP contribution in [0, 0.1) is 5.82 Å². The Morgan fingerprint density at radius 3 is 2.87 bits per heavy atom. The van der Waals surface area contributed by atoms with E-state index >= 15 is 0 Å². The van der Waals surface area contributed by atoms with Crippen molar-refractivity contribution in [1.82, 2.24) is 15.2 Å². The van der Waals surface area contributed by atoms with Crippen LogP contribution in [0.15, 0.2) is 30.5 Å². The Hall–Kier alpha value is -2.42. The minimum atomic E-state index is -0.671. The molecule has 0 bridgehead atoms. The van der Waals surface area contributed by atoms with Gasteiger partial charge in [-0.05, 0) is 54.2 Å². The molecule has 0 spiro atoms. The molecule has 7 nitrogen and oxygen atoms in total. The number of aliphatic hydroxyl groups is 1. The van der Waals surface area contributed by atoms with Crippen LogP contribution in [-0.4, -0.2) is 53.4 Å². The minimum absolute atomic E-state index is 0.0471. The number of nitrogens with one attached hydrogen (secondary N) is 2. The van der Waals surface area contributed by atoms with Crippen LogP contribution in [0.3, 0.4) is 0 Å². The number of carbonyl (C=O) groups excluding carboxylic acids is 1. The van der Waals surface area contributed by atoms with Crippen molar-refractivity contribution in [2.45, 2.75) is 37.9 Å². The van der Waals surface area contributed by atoms with Gasteiger partial charge in [-0.2, -0.15) is 0 Å². The van der Waals surface area contributed by atoms with Crippen molar-refractivity contribution in [3.63, 3.8) is 0 Å². The SMILES string of the molecule is O=C(N[C@H](CO)c1ccc(F)c(Cl)c1)N1CCc2cnc(NC3CCOCC3)cc2C1. The monoisotopic (exact) mass is 448 g/mol. The van der Waals surface area contributed by atoms with Gasteiger partial charge in [-0.3, -0.25) is 0 Å². The average molecular weight is 449 g/mol. The van der Waals surface area contributed by atoms with Crippen molar-refractivity contribution in [3.8, 4) is 0 Å². The molecule has 1 saturated heterocycles. The number of hydrogen-bond donors (Lipinski definition) is 3. The second-order valence-electron chi connectivity index (χ2n) is 7.90. The standard InChI is InChI=1S/C22H26ClFN4O3/c23-18-9-14(1-2-19(18)24)20(13-29)27-22(30)28-6-3-15-11-25-21(10-16(15)12-28)26-17-4-7-31-8-5-17/h1-2,9-11,17,20,29H,3-8,12-13H2,(H,25,26)(H,27,30)/t20-/m1/s1. The molecular formula is C22H26ClFN4O3. The minimum Gasteiger partial charge on any atom is -0.394 e. The molecule has 0 saturated carbocycles. The summed E-state index contributed by atoms with van der Waals surface area (Å²) in [6.07, 6.45) is 4.48. The quantitative estimate of drug-likeness (QED) is 0.653. The summed E-state index contributed by atoms with van der Waals surface area (Å²) < 4.78 is 18.8. The van der Waals surface area contributed by atoms with E-state index in [0.717, 1.165) is 43.0 Å². The summed E-state index contributed by atoms with van der Waals surface area (Å²) in [6, 6.07) is 5.54. The van der Waals surface area contributed by atoms with Crippen LogP contribution in [0.1, 0.15) is 35.6 Å². The molecule has 166 valence electrons. The largest absolute Gasteiger partial charge is 0.394 e. The second-order valence-corrected chi connectivity index (χ2v) is 8.31. The number of anilines is 1. The van der Waals surface area contributed by atoms with E-state index in [2.05, 4.69) is 15.6 Å². The Kier molecular flexibility index (Phi) is 6.89. The predicted octanol–water partition coefficient (Wildman–Crippen LogP) is 3.27. The van der Waals surface area contributed by atoms with Crippen LogP contribution >= 0.6 is 11.6 Å². The topological polar surface area (TPSA) is 86.7 Å². The van der Waals surface area contributed by atoms with Gasteiger partial charge in [0.25, 0.3) is 0 Å². The third kappa shape index (κ3) is 5.26. The summed E-state index contributed by atoms with van der Waals surface area (Å²) in [5, 5.41) is 16.0. The molecule has 3 N–H and O–H groups in total.